The molecule has 31 heavy (non-hydrogen) atoms. The fourth-order valence-electron chi connectivity index (χ4n) is 3.81. The number of carbonyl (C=O) groups excluding carboxylic acids is 3. The van der Waals surface area contributed by atoms with Gasteiger partial charge < -0.3 is 20.1 Å². The van der Waals surface area contributed by atoms with Crippen molar-refractivity contribution in [3.8, 4) is 11.5 Å². The molecule has 8 heteroatoms. The molecule has 0 saturated carbocycles. The molecule has 2 aliphatic rings. The Morgan fingerprint density at radius 3 is 2.61 bits per heavy atom. The first-order valence-corrected chi connectivity index (χ1v) is 10.1. The SMILES string of the molecule is COc1cccc2c1OCC(C(=O)Nc1ccc(CN3C(=O)NC(C)(C)C3=O)cc1)C2. The summed E-state index contributed by atoms with van der Waals surface area (Å²) in [4.78, 5) is 38.3. The maximum absolute atomic E-state index is 12.7. The lowest BCUT2D eigenvalue weighted by atomic mass is 9.95. The summed E-state index contributed by atoms with van der Waals surface area (Å²) in [6.45, 7) is 3.81. The van der Waals surface area contributed by atoms with Gasteiger partial charge in [-0.05, 0) is 49.6 Å². The molecule has 8 nitrogen and oxygen atoms in total. The predicted molar refractivity (Wildman–Crippen MR) is 114 cm³/mol. The van der Waals surface area contributed by atoms with E-state index in [1.54, 1.807) is 45.2 Å². The topological polar surface area (TPSA) is 97.0 Å². The molecule has 0 aliphatic carbocycles. The quantitative estimate of drug-likeness (QED) is 0.721. The Balaban J connectivity index is 1.38. The minimum atomic E-state index is -0.893. The van der Waals surface area contributed by atoms with Crippen molar-refractivity contribution < 1.29 is 23.9 Å². The van der Waals surface area contributed by atoms with Crippen LogP contribution >= 0.6 is 0 Å². The lowest BCUT2D eigenvalue weighted by Crippen LogP contribution is -2.40. The number of hydrogen-bond donors (Lipinski definition) is 2. The number of ether oxygens (including phenoxy) is 2. The number of para-hydroxylation sites is 1. The second-order valence-electron chi connectivity index (χ2n) is 8.29. The maximum Gasteiger partial charge on any atom is 0.325 e. The number of fused-ring (bicyclic) bond motifs is 1. The summed E-state index contributed by atoms with van der Waals surface area (Å²) in [7, 11) is 1.59. The molecule has 0 spiro atoms. The second kappa shape index (κ2) is 7.94. The van der Waals surface area contributed by atoms with Crippen molar-refractivity contribution in [1.82, 2.24) is 10.2 Å². The van der Waals surface area contributed by atoms with Crippen molar-refractivity contribution in [3.63, 3.8) is 0 Å². The zero-order valence-corrected chi connectivity index (χ0v) is 17.7. The third-order valence-corrected chi connectivity index (χ3v) is 5.55. The number of benzene rings is 2. The number of carbonyl (C=O) groups is 3. The highest BCUT2D eigenvalue weighted by atomic mass is 16.5. The van der Waals surface area contributed by atoms with E-state index in [1.165, 1.54) is 4.90 Å². The Morgan fingerprint density at radius 2 is 1.97 bits per heavy atom. The van der Waals surface area contributed by atoms with Gasteiger partial charge in [0.1, 0.15) is 12.1 Å². The van der Waals surface area contributed by atoms with Gasteiger partial charge >= 0.3 is 6.03 Å². The molecule has 2 aromatic carbocycles. The van der Waals surface area contributed by atoms with Gasteiger partial charge in [0.25, 0.3) is 5.91 Å². The number of amides is 4. The van der Waals surface area contributed by atoms with Crippen LogP contribution in [0.2, 0.25) is 0 Å². The maximum atomic E-state index is 12.7. The van der Waals surface area contributed by atoms with E-state index in [0.29, 0.717) is 23.6 Å². The Morgan fingerprint density at radius 1 is 1.23 bits per heavy atom. The third kappa shape index (κ3) is 4.05. The highest BCUT2D eigenvalue weighted by Gasteiger charge is 2.44. The third-order valence-electron chi connectivity index (χ3n) is 5.55. The zero-order valence-electron chi connectivity index (χ0n) is 17.7. The van der Waals surface area contributed by atoms with E-state index >= 15 is 0 Å². The van der Waals surface area contributed by atoms with Crippen molar-refractivity contribution in [2.45, 2.75) is 32.4 Å². The van der Waals surface area contributed by atoms with Gasteiger partial charge in [0.15, 0.2) is 11.5 Å². The van der Waals surface area contributed by atoms with Gasteiger partial charge in [-0.25, -0.2) is 4.79 Å². The van der Waals surface area contributed by atoms with Crippen LogP contribution in [0.3, 0.4) is 0 Å². The summed E-state index contributed by atoms with van der Waals surface area (Å²) in [5.41, 5.74) is 1.48. The van der Waals surface area contributed by atoms with Gasteiger partial charge in [-0.3, -0.25) is 14.5 Å². The Bertz CT molecular complexity index is 1030. The molecule has 2 heterocycles. The molecular formula is C23H25N3O5. The van der Waals surface area contributed by atoms with E-state index in [2.05, 4.69) is 10.6 Å². The summed E-state index contributed by atoms with van der Waals surface area (Å²) in [6.07, 6.45) is 0.568. The van der Waals surface area contributed by atoms with E-state index in [1.807, 2.05) is 18.2 Å². The Hall–Kier alpha value is -3.55. The molecule has 2 N–H and O–H groups in total. The minimum absolute atomic E-state index is 0.128. The average Bonchev–Trinajstić information content (AvgIpc) is 2.95. The predicted octanol–water partition coefficient (Wildman–Crippen LogP) is 2.72. The van der Waals surface area contributed by atoms with Crippen LogP contribution in [-0.2, 0) is 22.6 Å². The van der Waals surface area contributed by atoms with Crippen molar-refractivity contribution in [2.75, 3.05) is 19.0 Å². The standard InChI is InChI=1S/C23H25N3O5/c1-23(2)21(28)26(22(29)25-23)12-14-7-9-17(10-8-14)24-20(27)16-11-15-5-4-6-18(30-3)19(15)31-13-16/h4-10,16H,11-13H2,1-3H3,(H,24,27)(H,25,29). The van der Waals surface area contributed by atoms with Gasteiger partial charge in [0.05, 0.1) is 19.6 Å². The smallest absolute Gasteiger partial charge is 0.325 e. The van der Waals surface area contributed by atoms with E-state index in [-0.39, 0.29) is 30.9 Å². The van der Waals surface area contributed by atoms with Gasteiger partial charge in [0, 0.05) is 5.69 Å². The number of anilines is 1. The lowest BCUT2D eigenvalue weighted by molar-refractivity contribution is -0.130. The van der Waals surface area contributed by atoms with Gasteiger partial charge in [-0.1, -0.05) is 24.3 Å². The molecule has 0 radical (unpaired) electrons. The molecule has 1 saturated heterocycles. The zero-order chi connectivity index (χ0) is 22.2. The number of hydrogen-bond acceptors (Lipinski definition) is 5. The summed E-state index contributed by atoms with van der Waals surface area (Å²) >= 11 is 0. The molecule has 1 atom stereocenters. The van der Waals surface area contributed by atoms with E-state index < -0.39 is 11.6 Å². The van der Waals surface area contributed by atoms with Crippen molar-refractivity contribution in [3.05, 3.63) is 53.6 Å². The van der Waals surface area contributed by atoms with Crippen LogP contribution in [-0.4, -0.2) is 42.0 Å². The van der Waals surface area contributed by atoms with Gasteiger partial charge in [0.2, 0.25) is 5.91 Å². The molecule has 4 amide bonds. The highest BCUT2D eigenvalue weighted by Crippen LogP contribution is 2.36. The number of imide groups is 1. The molecule has 1 unspecified atom stereocenters. The van der Waals surface area contributed by atoms with Crippen LogP contribution in [0.4, 0.5) is 10.5 Å². The Labute approximate surface area is 180 Å². The molecule has 2 aliphatic heterocycles. The summed E-state index contributed by atoms with van der Waals surface area (Å²) in [5, 5.41) is 5.57. The summed E-state index contributed by atoms with van der Waals surface area (Å²) in [5.74, 6) is 0.663. The first kappa shape index (κ1) is 20.7. The normalized spacial score (nSPS) is 19.3. The molecule has 0 bridgehead atoms. The van der Waals surface area contributed by atoms with Crippen LogP contribution in [0.15, 0.2) is 42.5 Å². The summed E-state index contributed by atoms with van der Waals surface area (Å²) in [6, 6.07) is 12.4. The average molecular weight is 423 g/mol. The number of nitrogens with zero attached hydrogens (tertiary/aromatic N) is 1. The number of nitrogens with one attached hydrogen (secondary N) is 2. The number of urea groups is 1. The van der Waals surface area contributed by atoms with Crippen LogP contribution in [0.25, 0.3) is 0 Å². The molecule has 4 rings (SSSR count). The van der Waals surface area contributed by atoms with Crippen molar-refractivity contribution in [1.29, 1.82) is 0 Å². The highest BCUT2D eigenvalue weighted by molar-refractivity contribution is 6.06. The fraction of sp³-hybridized carbons (Fsp3) is 0.348. The second-order valence-corrected chi connectivity index (χ2v) is 8.29. The van der Waals surface area contributed by atoms with Crippen LogP contribution in [0, 0.1) is 5.92 Å². The molecular weight excluding hydrogens is 398 g/mol. The van der Waals surface area contributed by atoms with Crippen LogP contribution in [0.1, 0.15) is 25.0 Å². The molecule has 1 fully saturated rings. The number of rotatable bonds is 5. The monoisotopic (exact) mass is 423 g/mol. The first-order valence-electron chi connectivity index (χ1n) is 10.1. The Kier molecular flexibility index (Phi) is 5.31. The van der Waals surface area contributed by atoms with Crippen LogP contribution < -0.4 is 20.1 Å². The van der Waals surface area contributed by atoms with E-state index in [4.69, 9.17) is 9.47 Å². The van der Waals surface area contributed by atoms with E-state index in [0.717, 1.165) is 11.1 Å². The fourth-order valence-corrected chi connectivity index (χ4v) is 3.81. The van der Waals surface area contributed by atoms with E-state index in [9.17, 15) is 14.4 Å². The molecule has 0 aromatic heterocycles. The number of methoxy groups -OCH3 is 1. The minimum Gasteiger partial charge on any atom is -0.493 e. The molecule has 162 valence electrons. The van der Waals surface area contributed by atoms with Gasteiger partial charge in [-0.2, -0.15) is 0 Å². The van der Waals surface area contributed by atoms with Gasteiger partial charge in [-0.15, -0.1) is 0 Å². The lowest BCUT2D eigenvalue weighted by Gasteiger charge is -2.25. The largest absolute Gasteiger partial charge is 0.493 e. The van der Waals surface area contributed by atoms with Crippen LogP contribution in [0.5, 0.6) is 11.5 Å². The first-order chi connectivity index (χ1) is 14.8. The van der Waals surface area contributed by atoms with Crippen molar-refractivity contribution in [2.24, 2.45) is 5.92 Å². The summed E-state index contributed by atoms with van der Waals surface area (Å²) < 4.78 is 11.1. The molecule has 2 aromatic rings. The van der Waals surface area contributed by atoms with Crippen molar-refractivity contribution >= 4 is 23.5 Å².